The van der Waals surface area contributed by atoms with Crippen molar-refractivity contribution in [2.45, 2.75) is 53.4 Å². The smallest absolute Gasteiger partial charge is 0.220 e. The Kier molecular flexibility index (Phi) is 6.07. The summed E-state index contributed by atoms with van der Waals surface area (Å²) >= 11 is 0. The van der Waals surface area contributed by atoms with Crippen LogP contribution in [0.4, 0.5) is 4.39 Å². The molecule has 148 valence electrons. The SMILES string of the molecule is CCCCNC(=O)CCc1c(C)nc2c(-c3ccc(F)cc3)c(C)nn2c1C. The number of aromatic nitrogens is 3. The fourth-order valence-electron chi connectivity index (χ4n) is 3.52. The molecule has 0 radical (unpaired) electrons. The number of fused-ring (bicyclic) bond motifs is 1. The van der Waals surface area contributed by atoms with Crippen molar-refractivity contribution in [2.75, 3.05) is 6.54 Å². The number of hydrogen-bond donors (Lipinski definition) is 1. The third kappa shape index (κ3) is 4.06. The van der Waals surface area contributed by atoms with E-state index in [1.807, 2.05) is 25.3 Å². The van der Waals surface area contributed by atoms with Crippen LogP contribution in [0.15, 0.2) is 24.3 Å². The Morgan fingerprint density at radius 3 is 2.54 bits per heavy atom. The summed E-state index contributed by atoms with van der Waals surface area (Å²) in [5.41, 5.74) is 6.34. The van der Waals surface area contributed by atoms with Crippen molar-refractivity contribution in [3.8, 4) is 11.1 Å². The average Bonchev–Trinajstić information content (AvgIpc) is 2.99. The first kappa shape index (κ1) is 20.0. The number of hydrogen-bond acceptors (Lipinski definition) is 3. The maximum atomic E-state index is 13.3. The molecule has 0 unspecified atom stereocenters. The summed E-state index contributed by atoms with van der Waals surface area (Å²) in [6.07, 6.45) is 3.12. The monoisotopic (exact) mass is 382 g/mol. The number of halogens is 1. The van der Waals surface area contributed by atoms with Gasteiger partial charge in [-0.05, 0) is 56.9 Å². The lowest BCUT2D eigenvalue weighted by atomic mass is 10.0. The zero-order valence-electron chi connectivity index (χ0n) is 17.0. The Hall–Kier alpha value is -2.76. The molecule has 0 spiro atoms. The molecular weight excluding hydrogens is 355 g/mol. The van der Waals surface area contributed by atoms with Crippen LogP contribution >= 0.6 is 0 Å². The molecule has 1 amide bonds. The molecule has 6 heteroatoms. The van der Waals surface area contributed by atoms with Gasteiger partial charge in [-0.25, -0.2) is 13.9 Å². The van der Waals surface area contributed by atoms with Crippen LogP contribution in [0.3, 0.4) is 0 Å². The minimum Gasteiger partial charge on any atom is -0.356 e. The summed E-state index contributed by atoms with van der Waals surface area (Å²) in [4.78, 5) is 16.8. The molecular formula is C22H27FN4O. The highest BCUT2D eigenvalue weighted by atomic mass is 19.1. The molecule has 0 aliphatic heterocycles. The van der Waals surface area contributed by atoms with Crippen LogP contribution in [-0.4, -0.2) is 27.0 Å². The Bertz CT molecular complexity index is 992. The zero-order valence-corrected chi connectivity index (χ0v) is 17.0. The molecule has 1 aromatic carbocycles. The van der Waals surface area contributed by atoms with Crippen molar-refractivity contribution < 1.29 is 9.18 Å². The van der Waals surface area contributed by atoms with Crippen molar-refractivity contribution in [1.82, 2.24) is 19.9 Å². The van der Waals surface area contributed by atoms with E-state index in [0.717, 1.165) is 58.8 Å². The van der Waals surface area contributed by atoms with Gasteiger partial charge in [0.05, 0.1) is 5.69 Å². The lowest BCUT2D eigenvalue weighted by molar-refractivity contribution is -0.121. The van der Waals surface area contributed by atoms with Crippen LogP contribution in [0.1, 0.15) is 48.8 Å². The molecule has 2 heterocycles. The Labute approximate surface area is 165 Å². The fraction of sp³-hybridized carbons (Fsp3) is 0.409. The van der Waals surface area contributed by atoms with Gasteiger partial charge >= 0.3 is 0 Å². The summed E-state index contributed by atoms with van der Waals surface area (Å²) in [6, 6.07) is 6.40. The number of aryl methyl sites for hydroxylation is 3. The molecule has 0 aliphatic carbocycles. The Balaban J connectivity index is 1.91. The van der Waals surface area contributed by atoms with Crippen LogP contribution in [0.5, 0.6) is 0 Å². The Morgan fingerprint density at radius 1 is 1.14 bits per heavy atom. The van der Waals surface area contributed by atoms with Gasteiger partial charge in [-0.15, -0.1) is 0 Å². The molecule has 0 saturated carbocycles. The van der Waals surface area contributed by atoms with Gasteiger partial charge in [-0.2, -0.15) is 5.10 Å². The van der Waals surface area contributed by atoms with Gasteiger partial charge in [0.2, 0.25) is 5.91 Å². The van der Waals surface area contributed by atoms with E-state index in [2.05, 4.69) is 17.3 Å². The minimum atomic E-state index is -0.266. The highest BCUT2D eigenvalue weighted by Gasteiger charge is 2.18. The number of rotatable bonds is 7. The van der Waals surface area contributed by atoms with Gasteiger partial charge in [0.1, 0.15) is 5.82 Å². The number of nitrogens with one attached hydrogen (secondary N) is 1. The summed E-state index contributed by atoms with van der Waals surface area (Å²) in [5.74, 6) is -0.200. The molecule has 5 nitrogen and oxygen atoms in total. The van der Waals surface area contributed by atoms with Crippen molar-refractivity contribution >= 4 is 11.6 Å². The van der Waals surface area contributed by atoms with E-state index >= 15 is 0 Å². The first-order valence-corrected chi connectivity index (χ1v) is 9.80. The van der Waals surface area contributed by atoms with Crippen LogP contribution in [0.2, 0.25) is 0 Å². The predicted octanol–water partition coefficient (Wildman–Crippen LogP) is 4.31. The van der Waals surface area contributed by atoms with E-state index in [1.54, 1.807) is 12.1 Å². The topological polar surface area (TPSA) is 59.3 Å². The largest absolute Gasteiger partial charge is 0.356 e. The second kappa shape index (κ2) is 8.50. The molecule has 1 N–H and O–H groups in total. The molecule has 0 saturated heterocycles. The van der Waals surface area contributed by atoms with Crippen LogP contribution in [-0.2, 0) is 11.2 Å². The van der Waals surface area contributed by atoms with E-state index in [9.17, 15) is 9.18 Å². The summed E-state index contributed by atoms with van der Waals surface area (Å²) in [7, 11) is 0. The number of benzene rings is 1. The van der Waals surface area contributed by atoms with Crippen molar-refractivity contribution in [3.05, 3.63) is 52.7 Å². The van der Waals surface area contributed by atoms with Crippen molar-refractivity contribution in [1.29, 1.82) is 0 Å². The minimum absolute atomic E-state index is 0.0657. The second-order valence-electron chi connectivity index (χ2n) is 7.17. The number of amides is 1. The highest BCUT2D eigenvalue weighted by Crippen LogP contribution is 2.29. The normalized spacial score (nSPS) is 11.2. The quantitative estimate of drug-likeness (QED) is 0.620. The number of carbonyl (C=O) groups excluding carboxylic acids is 1. The van der Waals surface area contributed by atoms with Gasteiger partial charge in [0.25, 0.3) is 0 Å². The molecule has 3 rings (SSSR count). The number of nitrogens with zero attached hydrogens (tertiary/aromatic N) is 3. The number of unbranched alkanes of at least 4 members (excludes halogenated alkanes) is 1. The predicted molar refractivity (Wildman–Crippen MR) is 109 cm³/mol. The third-order valence-electron chi connectivity index (χ3n) is 5.09. The molecule has 28 heavy (non-hydrogen) atoms. The van der Waals surface area contributed by atoms with E-state index in [4.69, 9.17) is 4.98 Å². The van der Waals surface area contributed by atoms with Crippen LogP contribution in [0, 0.1) is 26.6 Å². The van der Waals surface area contributed by atoms with Gasteiger partial charge in [0.15, 0.2) is 5.65 Å². The molecule has 0 atom stereocenters. The Morgan fingerprint density at radius 2 is 1.86 bits per heavy atom. The fourth-order valence-corrected chi connectivity index (χ4v) is 3.52. The maximum absolute atomic E-state index is 13.3. The van der Waals surface area contributed by atoms with Gasteiger partial charge in [-0.3, -0.25) is 4.79 Å². The molecule has 2 aromatic heterocycles. The van der Waals surface area contributed by atoms with E-state index in [0.29, 0.717) is 12.8 Å². The molecule has 0 aliphatic rings. The molecule has 0 bridgehead atoms. The summed E-state index contributed by atoms with van der Waals surface area (Å²) in [5, 5.41) is 7.62. The van der Waals surface area contributed by atoms with E-state index < -0.39 is 0 Å². The molecule has 3 aromatic rings. The number of carbonyl (C=O) groups is 1. The maximum Gasteiger partial charge on any atom is 0.220 e. The van der Waals surface area contributed by atoms with Gasteiger partial charge in [-0.1, -0.05) is 25.5 Å². The first-order valence-electron chi connectivity index (χ1n) is 9.80. The van der Waals surface area contributed by atoms with E-state index in [1.165, 1.54) is 12.1 Å². The first-order chi connectivity index (χ1) is 13.4. The summed E-state index contributed by atoms with van der Waals surface area (Å²) in [6.45, 7) is 8.74. The highest BCUT2D eigenvalue weighted by molar-refractivity contribution is 5.80. The standard InChI is InChI=1S/C22H27FN4O/c1-5-6-13-24-20(28)12-11-19-14(2)25-22-21(15(3)26-27(22)16(19)4)17-7-9-18(23)10-8-17/h7-10H,5-6,11-13H2,1-4H3,(H,24,28). The zero-order chi connectivity index (χ0) is 20.3. The van der Waals surface area contributed by atoms with Gasteiger partial charge in [0, 0.05) is 29.9 Å². The van der Waals surface area contributed by atoms with Crippen molar-refractivity contribution in [2.24, 2.45) is 0 Å². The lowest BCUT2D eigenvalue weighted by Gasteiger charge is -2.12. The lowest BCUT2D eigenvalue weighted by Crippen LogP contribution is -2.24. The van der Waals surface area contributed by atoms with Crippen molar-refractivity contribution in [3.63, 3.8) is 0 Å². The van der Waals surface area contributed by atoms with Crippen LogP contribution < -0.4 is 5.32 Å². The summed E-state index contributed by atoms with van der Waals surface area (Å²) < 4.78 is 15.1. The van der Waals surface area contributed by atoms with E-state index in [-0.39, 0.29) is 11.7 Å². The molecule has 0 fully saturated rings. The second-order valence-corrected chi connectivity index (χ2v) is 7.17. The van der Waals surface area contributed by atoms with Gasteiger partial charge < -0.3 is 5.32 Å². The third-order valence-corrected chi connectivity index (χ3v) is 5.09. The average molecular weight is 382 g/mol. The van der Waals surface area contributed by atoms with Crippen LogP contribution in [0.25, 0.3) is 16.8 Å².